The van der Waals surface area contributed by atoms with Crippen LogP contribution in [-0.2, 0) is 16.6 Å². The van der Waals surface area contributed by atoms with E-state index in [4.69, 9.17) is 9.47 Å². The van der Waals surface area contributed by atoms with Gasteiger partial charge in [-0.05, 0) is 71.4 Å². The summed E-state index contributed by atoms with van der Waals surface area (Å²) in [5.41, 5.74) is 2.54. The molecule has 11 nitrogen and oxygen atoms in total. The summed E-state index contributed by atoms with van der Waals surface area (Å²) >= 11 is 0. The molecule has 2 saturated heterocycles. The van der Waals surface area contributed by atoms with Crippen LogP contribution in [0.15, 0.2) is 24.5 Å². The van der Waals surface area contributed by atoms with E-state index in [9.17, 15) is 14.9 Å². The maximum atomic E-state index is 13.2. The zero-order valence-electron chi connectivity index (χ0n) is 25.1. The fraction of sp³-hybridized carbons (Fsp3) is 0.548. The molecule has 2 aliphatic heterocycles. The highest BCUT2D eigenvalue weighted by Gasteiger charge is 2.33. The van der Waals surface area contributed by atoms with Crippen LogP contribution in [-0.4, -0.2) is 79.7 Å². The third-order valence-electron chi connectivity index (χ3n) is 8.01. The largest absolute Gasteiger partial charge is 0.477 e. The van der Waals surface area contributed by atoms with Crippen molar-refractivity contribution in [3.05, 3.63) is 35.9 Å². The second-order valence-electron chi connectivity index (χ2n) is 12.3. The smallest absolute Gasteiger partial charge is 0.410 e. The molecule has 5 heterocycles. The molecule has 3 aromatic rings. The SMILES string of the molecule is Cc1cc(-c2nc(C#N)nc3c2ccn3C)cnc1OCC1CCN(C(=O)C2CCN(C(=O)OC(C)(C)C)CC2)CC1. The molecule has 0 radical (unpaired) electrons. The van der Waals surface area contributed by atoms with Gasteiger partial charge in [-0.3, -0.25) is 4.79 Å². The first-order valence-electron chi connectivity index (χ1n) is 14.6. The van der Waals surface area contributed by atoms with Crippen molar-refractivity contribution >= 4 is 23.0 Å². The average molecular weight is 574 g/mol. The summed E-state index contributed by atoms with van der Waals surface area (Å²) in [4.78, 5) is 42.6. The average Bonchev–Trinajstić information content (AvgIpc) is 3.35. The van der Waals surface area contributed by atoms with Crippen molar-refractivity contribution in [3.8, 4) is 23.2 Å². The third kappa shape index (κ3) is 6.48. The van der Waals surface area contributed by atoms with Gasteiger partial charge in [0.2, 0.25) is 17.6 Å². The highest BCUT2D eigenvalue weighted by atomic mass is 16.6. The van der Waals surface area contributed by atoms with Crippen molar-refractivity contribution in [2.24, 2.45) is 18.9 Å². The van der Waals surface area contributed by atoms with Crippen LogP contribution in [0.1, 0.15) is 57.8 Å². The van der Waals surface area contributed by atoms with E-state index < -0.39 is 5.60 Å². The van der Waals surface area contributed by atoms with Gasteiger partial charge in [-0.15, -0.1) is 0 Å². The lowest BCUT2D eigenvalue weighted by molar-refractivity contribution is -0.138. The number of likely N-dealkylation sites (tertiary alicyclic amines) is 2. The first kappa shape index (κ1) is 29.3. The summed E-state index contributed by atoms with van der Waals surface area (Å²) in [5, 5.41) is 10.3. The molecular formula is C31H39N7O4. The molecule has 5 rings (SSSR count). The van der Waals surface area contributed by atoms with E-state index in [2.05, 4.69) is 15.0 Å². The van der Waals surface area contributed by atoms with Crippen molar-refractivity contribution in [2.45, 2.75) is 59.0 Å². The summed E-state index contributed by atoms with van der Waals surface area (Å²) in [6.45, 7) is 10.6. The van der Waals surface area contributed by atoms with Gasteiger partial charge in [-0.25, -0.2) is 19.7 Å². The number of carbonyl (C=O) groups is 2. The van der Waals surface area contributed by atoms with Gasteiger partial charge < -0.3 is 23.8 Å². The van der Waals surface area contributed by atoms with Crippen molar-refractivity contribution in [1.29, 1.82) is 5.26 Å². The Morgan fingerprint density at radius 3 is 2.40 bits per heavy atom. The van der Waals surface area contributed by atoms with E-state index in [0.29, 0.717) is 68.8 Å². The van der Waals surface area contributed by atoms with Crippen LogP contribution < -0.4 is 4.74 Å². The number of rotatable bonds is 5. The Bertz CT molecular complexity index is 1500. The fourth-order valence-corrected chi connectivity index (χ4v) is 5.66. The molecule has 3 aromatic heterocycles. The molecule has 2 fully saturated rings. The molecule has 42 heavy (non-hydrogen) atoms. The Hall–Kier alpha value is -4.20. The van der Waals surface area contributed by atoms with Gasteiger partial charge in [0, 0.05) is 68.1 Å². The van der Waals surface area contributed by atoms with E-state index in [1.807, 2.05) is 68.6 Å². The summed E-state index contributed by atoms with van der Waals surface area (Å²) < 4.78 is 13.5. The highest BCUT2D eigenvalue weighted by Crippen LogP contribution is 2.30. The normalized spacial score (nSPS) is 16.9. The highest BCUT2D eigenvalue weighted by molar-refractivity contribution is 5.91. The third-order valence-corrected chi connectivity index (χ3v) is 8.01. The Morgan fingerprint density at radius 1 is 1.07 bits per heavy atom. The summed E-state index contributed by atoms with van der Waals surface area (Å²) in [7, 11) is 1.89. The predicted molar refractivity (Wildman–Crippen MR) is 157 cm³/mol. The van der Waals surface area contributed by atoms with Crippen molar-refractivity contribution in [1.82, 2.24) is 29.3 Å². The number of amides is 2. The number of aryl methyl sites for hydroxylation is 2. The molecule has 0 aliphatic carbocycles. The number of hydrogen-bond acceptors (Lipinski definition) is 8. The van der Waals surface area contributed by atoms with E-state index in [1.165, 1.54) is 0 Å². The quantitative estimate of drug-likeness (QED) is 0.437. The molecule has 222 valence electrons. The van der Waals surface area contributed by atoms with Gasteiger partial charge in [0.1, 0.15) is 17.3 Å². The number of nitrogens with zero attached hydrogens (tertiary/aromatic N) is 7. The molecule has 0 unspecified atom stereocenters. The maximum absolute atomic E-state index is 13.2. The molecule has 0 bridgehead atoms. The van der Waals surface area contributed by atoms with Gasteiger partial charge in [-0.1, -0.05) is 0 Å². The fourth-order valence-electron chi connectivity index (χ4n) is 5.66. The molecule has 0 spiro atoms. The Labute approximate surface area is 246 Å². The second kappa shape index (κ2) is 12.0. The molecule has 11 heteroatoms. The number of pyridine rings is 1. The van der Waals surface area contributed by atoms with Crippen LogP contribution in [0.25, 0.3) is 22.3 Å². The van der Waals surface area contributed by atoms with Crippen LogP contribution in [0, 0.1) is 30.1 Å². The molecule has 0 aromatic carbocycles. The van der Waals surface area contributed by atoms with E-state index in [0.717, 1.165) is 29.4 Å². The maximum Gasteiger partial charge on any atom is 0.410 e. The Kier molecular flexibility index (Phi) is 8.34. The number of hydrogen-bond donors (Lipinski definition) is 0. The predicted octanol–water partition coefficient (Wildman–Crippen LogP) is 4.47. The summed E-state index contributed by atoms with van der Waals surface area (Å²) in [5.74, 6) is 1.19. The van der Waals surface area contributed by atoms with Crippen LogP contribution >= 0.6 is 0 Å². The van der Waals surface area contributed by atoms with Crippen molar-refractivity contribution in [2.75, 3.05) is 32.8 Å². The van der Waals surface area contributed by atoms with Crippen molar-refractivity contribution < 1.29 is 19.1 Å². The molecule has 0 atom stereocenters. The van der Waals surface area contributed by atoms with Gasteiger partial charge >= 0.3 is 6.09 Å². The second-order valence-corrected chi connectivity index (χ2v) is 12.3. The topological polar surface area (TPSA) is 126 Å². The van der Waals surface area contributed by atoms with Gasteiger partial charge in [0.05, 0.1) is 12.3 Å². The molecule has 0 N–H and O–H groups in total. The van der Waals surface area contributed by atoms with Gasteiger partial charge in [0.25, 0.3) is 0 Å². The minimum atomic E-state index is -0.522. The van der Waals surface area contributed by atoms with E-state index >= 15 is 0 Å². The summed E-state index contributed by atoms with van der Waals surface area (Å²) in [6, 6.07) is 5.97. The van der Waals surface area contributed by atoms with Crippen LogP contribution in [0.5, 0.6) is 5.88 Å². The lowest BCUT2D eigenvalue weighted by Crippen LogP contribution is -2.47. The minimum absolute atomic E-state index is 0.0434. The lowest BCUT2D eigenvalue weighted by Gasteiger charge is -2.37. The minimum Gasteiger partial charge on any atom is -0.477 e. The standard InChI is InChI=1S/C31H39N7O4/c1-20-16-23(26-24-10-11-36(5)27(24)35-25(17-32)34-26)18-33-28(20)41-19-21-6-12-37(13-7-21)29(39)22-8-14-38(15-9-22)30(40)42-31(2,3)4/h10-11,16,18,21-22H,6-9,12-15,19H2,1-5H3. The van der Waals surface area contributed by atoms with Crippen molar-refractivity contribution in [3.63, 3.8) is 0 Å². The van der Waals surface area contributed by atoms with E-state index in [-0.39, 0.29) is 23.7 Å². The number of piperidine rings is 2. The Morgan fingerprint density at radius 2 is 1.76 bits per heavy atom. The summed E-state index contributed by atoms with van der Waals surface area (Å²) in [6.07, 6.45) is 6.43. The number of ether oxygens (including phenoxy) is 2. The molecule has 2 aliphatic rings. The molecule has 0 saturated carbocycles. The van der Waals surface area contributed by atoms with Crippen LogP contribution in [0.3, 0.4) is 0 Å². The number of carbonyl (C=O) groups excluding carboxylic acids is 2. The van der Waals surface area contributed by atoms with Gasteiger partial charge in [-0.2, -0.15) is 5.26 Å². The van der Waals surface area contributed by atoms with Crippen LogP contribution in [0.4, 0.5) is 4.79 Å². The van der Waals surface area contributed by atoms with E-state index in [1.54, 1.807) is 11.1 Å². The molecular weight excluding hydrogens is 534 g/mol. The first-order valence-corrected chi connectivity index (χ1v) is 14.6. The van der Waals surface area contributed by atoms with Gasteiger partial charge in [0.15, 0.2) is 0 Å². The lowest BCUT2D eigenvalue weighted by atomic mass is 9.92. The van der Waals surface area contributed by atoms with Crippen LogP contribution in [0.2, 0.25) is 0 Å². The Balaban J connectivity index is 1.12. The number of fused-ring (bicyclic) bond motifs is 1. The number of aromatic nitrogens is 4. The number of nitriles is 1. The first-order chi connectivity index (χ1) is 20.0. The molecule has 2 amide bonds. The monoisotopic (exact) mass is 573 g/mol. The zero-order chi connectivity index (χ0) is 30.0. The zero-order valence-corrected chi connectivity index (χ0v) is 25.1.